The molecule has 2 N–H and O–H groups in total. The zero-order chi connectivity index (χ0) is 12.2. The van der Waals surface area contributed by atoms with E-state index in [0.717, 1.165) is 6.07 Å². The van der Waals surface area contributed by atoms with Crippen molar-refractivity contribution in [3.05, 3.63) is 34.6 Å². The molecule has 0 radical (unpaired) electrons. The summed E-state index contributed by atoms with van der Waals surface area (Å²) in [7, 11) is -3.64. The van der Waals surface area contributed by atoms with Crippen molar-refractivity contribution < 1.29 is 17.9 Å². The molecule has 0 atom stereocenters. The van der Waals surface area contributed by atoms with Crippen LogP contribution in [0.15, 0.2) is 18.2 Å². The lowest BCUT2D eigenvalue weighted by atomic mass is 10.2. The summed E-state index contributed by atoms with van der Waals surface area (Å²) in [6.45, 7) is -0.401. The first-order valence-electron chi connectivity index (χ1n) is 4.47. The fourth-order valence-corrected chi connectivity index (χ4v) is 2.44. The number of aliphatic hydroxyl groups is 1. The molecule has 0 aliphatic carbocycles. The van der Waals surface area contributed by atoms with Crippen LogP contribution in [-0.2, 0) is 15.8 Å². The molecule has 1 aromatic carbocycles. The summed E-state index contributed by atoms with van der Waals surface area (Å²) < 4.78 is 38.1. The normalized spacial score (nSPS) is 11.7. The third-order valence-corrected chi connectivity index (χ3v) is 3.36. The van der Waals surface area contributed by atoms with Crippen LogP contribution in [0.2, 0.25) is 5.02 Å². The van der Waals surface area contributed by atoms with Crippen molar-refractivity contribution >= 4 is 21.6 Å². The zero-order valence-electron chi connectivity index (χ0n) is 8.28. The van der Waals surface area contributed by atoms with Crippen LogP contribution in [0.1, 0.15) is 5.56 Å². The van der Waals surface area contributed by atoms with Crippen LogP contribution in [0.4, 0.5) is 4.39 Å². The maximum atomic E-state index is 13.2. The minimum atomic E-state index is -3.64. The molecule has 1 rings (SSSR count). The predicted molar refractivity (Wildman–Crippen MR) is 59.1 cm³/mol. The number of hydrogen-bond donors (Lipinski definition) is 2. The van der Waals surface area contributed by atoms with E-state index >= 15 is 0 Å². The molecule has 4 nitrogen and oxygen atoms in total. The van der Waals surface area contributed by atoms with Crippen LogP contribution in [0.3, 0.4) is 0 Å². The molecule has 1 aromatic rings. The lowest BCUT2D eigenvalue weighted by Gasteiger charge is -2.06. The molecule has 0 fully saturated rings. The lowest BCUT2D eigenvalue weighted by molar-refractivity contribution is 0.301. The lowest BCUT2D eigenvalue weighted by Crippen LogP contribution is -2.28. The number of halogens is 2. The van der Waals surface area contributed by atoms with E-state index in [1.54, 1.807) is 0 Å². The van der Waals surface area contributed by atoms with Gasteiger partial charge in [0.15, 0.2) is 0 Å². The van der Waals surface area contributed by atoms with Gasteiger partial charge in [-0.15, -0.1) is 0 Å². The second-order valence-electron chi connectivity index (χ2n) is 3.11. The molecule has 90 valence electrons. The summed E-state index contributed by atoms with van der Waals surface area (Å²) in [6.07, 6.45) is 0. The van der Waals surface area contributed by atoms with E-state index in [1.807, 2.05) is 0 Å². The fourth-order valence-electron chi connectivity index (χ4n) is 1.11. The molecular formula is C9H11ClFNO3S. The quantitative estimate of drug-likeness (QED) is 0.833. The Morgan fingerprint density at radius 2 is 2.12 bits per heavy atom. The van der Waals surface area contributed by atoms with Gasteiger partial charge in [-0.05, 0) is 18.2 Å². The number of hydrogen-bond acceptors (Lipinski definition) is 3. The van der Waals surface area contributed by atoms with Crippen molar-refractivity contribution in [3.8, 4) is 0 Å². The average molecular weight is 268 g/mol. The van der Waals surface area contributed by atoms with Gasteiger partial charge in [0, 0.05) is 17.1 Å². The summed E-state index contributed by atoms with van der Waals surface area (Å²) in [5, 5.41) is 8.74. The van der Waals surface area contributed by atoms with Crippen LogP contribution >= 0.6 is 11.6 Å². The number of benzene rings is 1. The average Bonchev–Trinajstić information content (AvgIpc) is 2.20. The summed E-state index contributed by atoms with van der Waals surface area (Å²) in [4.78, 5) is 0. The van der Waals surface area contributed by atoms with Gasteiger partial charge in [-0.3, -0.25) is 0 Å². The monoisotopic (exact) mass is 267 g/mol. The molecule has 0 saturated carbocycles. The third kappa shape index (κ3) is 4.05. The molecule has 0 amide bonds. The zero-order valence-corrected chi connectivity index (χ0v) is 9.85. The summed E-state index contributed by atoms with van der Waals surface area (Å²) in [5.74, 6) is -1.13. The summed E-state index contributed by atoms with van der Waals surface area (Å²) in [5.41, 5.74) is -0.00191. The maximum Gasteiger partial charge on any atom is 0.215 e. The van der Waals surface area contributed by atoms with E-state index in [4.69, 9.17) is 16.7 Å². The number of rotatable bonds is 5. The predicted octanol–water partition coefficient (Wildman–Crippen LogP) is 0.891. The van der Waals surface area contributed by atoms with Gasteiger partial charge in [0.25, 0.3) is 0 Å². The number of sulfonamides is 1. The highest BCUT2D eigenvalue weighted by Gasteiger charge is 2.14. The van der Waals surface area contributed by atoms with E-state index in [1.165, 1.54) is 12.1 Å². The minimum absolute atomic E-state index is 0.00191. The Labute approximate surface area is 98.1 Å². The van der Waals surface area contributed by atoms with E-state index < -0.39 is 21.6 Å². The minimum Gasteiger partial charge on any atom is -0.395 e. The van der Waals surface area contributed by atoms with Crippen LogP contribution in [0.25, 0.3) is 0 Å². The molecule has 0 aliphatic rings. The van der Waals surface area contributed by atoms with Crippen LogP contribution in [0.5, 0.6) is 0 Å². The first kappa shape index (κ1) is 13.4. The van der Waals surface area contributed by atoms with Gasteiger partial charge in [-0.25, -0.2) is 17.5 Å². The first-order chi connectivity index (χ1) is 7.44. The van der Waals surface area contributed by atoms with Crippen molar-refractivity contribution in [1.29, 1.82) is 0 Å². The first-order valence-corrected chi connectivity index (χ1v) is 6.50. The van der Waals surface area contributed by atoms with Gasteiger partial charge in [-0.2, -0.15) is 0 Å². The van der Waals surface area contributed by atoms with Gasteiger partial charge >= 0.3 is 0 Å². The Morgan fingerprint density at radius 3 is 2.75 bits per heavy atom. The van der Waals surface area contributed by atoms with E-state index in [0.29, 0.717) is 0 Å². The molecule has 16 heavy (non-hydrogen) atoms. The highest BCUT2D eigenvalue weighted by Crippen LogP contribution is 2.16. The molecule has 7 heteroatoms. The summed E-state index contributed by atoms with van der Waals surface area (Å²) in [6, 6.07) is 3.71. The van der Waals surface area contributed by atoms with E-state index in [2.05, 4.69) is 4.72 Å². The Hall–Kier alpha value is -0.690. The Morgan fingerprint density at radius 1 is 1.44 bits per heavy atom. The van der Waals surface area contributed by atoms with E-state index in [9.17, 15) is 12.8 Å². The van der Waals surface area contributed by atoms with Crippen LogP contribution in [-0.4, -0.2) is 26.7 Å². The van der Waals surface area contributed by atoms with Gasteiger partial charge in [0.1, 0.15) is 5.82 Å². The molecule has 0 spiro atoms. The van der Waals surface area contributed by atoms with Crippen LogP contribution in [0, 0.1) is 5.82 Å². The fraction of sp³-hybridized carbons (Fsp3) is 0.333. The topological polar surface area (TPSA) is 66.4 Å². The highest BCUT2D eigenvalue weighted by molar-refractivity contribution is 7.88. The largest absolute Gasteiger partial charge is 0.395 e. The van der Waals surface area contributed by atoms with E-state index in [-0.39, 0.29) is 23.7 Å². The molecular weight excluding hydrogens is 257 g/mol. The third-order valence-electron chi connectivity index (χ3n) is 1.79. The van der Waals surface area contributed by atoms with Gasteiger partial charge < -0.3 is 5.11 Å². The number of aliphatic hydroxyl groups excluding tert-OH is 1. The molecule has 0 bridgehead atoms. The summed E-state index contributed by atoms with van der Waals surface area (Å²) >= 11 is 5.63. The molecule has 0 unspecified atom stereocenters. The second-order valence-corrected chi connectivity index (χ2v) is 5.36. The van der Waals surface area contributed by atoms with Gasteiger partial charge in [0.2, 0.25) is 10.0 Å². The Kier molecular flexibility index (Phi) is 4.67. The van der Waals surface area contributed by atoms with Crippen molar-refractivity contribution in [3.63, 3.8) is 0 Å². The van der Waals surface area contributed by atoms with Crippen LogP contribution < -0.4 is 4.72 Å². The van der Waals surface area contributed by atoms with Crippen molar-refractivity contribution in [2.75, 3.05) is 13.2 Å². The van der Waals surface area contributed by atoms with Gasteiger partial charge in [0.05, 0.1) is 12.4 Å². The van der Waals surface area contributed by atoms with Crippen molar-refractivity contribution in [2.24, 2.45) is 0 Å². The molecule has 0 heterocycles. The van der Waals surface area contributed by atoms with Crippen molar-refractivity contribution in [1.82, 2.24) is 4.72 Å². The SMILES string of the molecule is O=S(=O)(Cc1cc(Cl)ccc1F)NCCO. The molecule has 0 aromatic heterocycles. The molecule has 0 saturated heterocycles. The Bertz CT molecular complexity index is 464. The smallest absolute Gasteiger partial charge is 0.215 e. The molecule has 0 aliphatic heterocycles. The Balaban J connectivity index is 2.83. The van der Waals surface area contributed by atoms with Crippen molar-refractivity contribution in [2.45, 2.75) is 5.75 Å². The standard InChI is InChI=1S/C9H11ClFNO3S/c10-8-1-2-9(11)7(5-8)6-16(14,15)12-3-4-13/h1-2,5,12-13H,3-4,6H2. The maximum absolute atomic E-state index is 13.2. The second kappa shape index (κ2) is 5.58. The number of nitrogens with one attached hydrogen (secondary N) is 1. The highest BCUT2D eigenvalue weighted by atomic mass is 35.5. The van der Waals surface area contributed by atoms with Gasteiger partial charge in [-0.1, -0.05) is 11.6 Å².